The number of benzene rings is 2. The van der Waals surface area contributed by atoms with E-state index in [4.69, 9.17) is 9.47 Å². The molecule has 2 aliphatic rings. The van der Waals surface area contributed by atoms with Crippen LogP contribution in [0.15, 0.2) is 60.7 Å². The highest BCUT2D eigenvalue weighted by Gasteiger charge is 2.46. The van der Waals surface area contributed by atoms with E-state index in [0.29, 0.717) is 12.5 Å². The van der Waals surface area contributed by atoms with Crippen LogP contribution in [0, 0.1) is 11.8 Å². The van der Waals surface area contributed by atoms with Crippen LogP contribution in [0.5, 0.6) is 0 Å². The minimum atomic E-state index is -0.353. The van der Waals surface area contributed by atoms with E-state index in [2.05, 4.69) is 0 Å². The molecule has 2 fully saturated rings. The Kier molecular flexibility index (Phi) is 6.36. The first-order valence-electron chi connectivity index (χ1n) is 10.8. The molecule has 5 nitrogen and oxygen atoms in total. The molecule has 30 heavy (non-hydrogen) atoms. The summed E-state index contributed by atoms with van der Waals surface area (Å²) < 4.78 is 11.5. The number of hydrogen-bond acceptors (Lipinski definition) is 4. The Morgan fingerprint density at radius 3 is 2.23 bits per heavy atom. The lowest BCUT2D eigenvalue weighted by molar-refractivity contribution is -0.164. The summed E-state index contributed by atoms with van der Waals surface area (Å²) in [5, 5.41) is 0. The summed E-state index contributed by atoms with van der Waals surface area (Å²) in [6, 6.07) is 19.5. The second-order valence-electron chi connectivity index (χ2n) is 8.44. The van der Waals surface area contributed by atoms with E-state index in [9.17, 15) is 9.59 Å². The van der Waals surface area contributed by atoms with Crippen molar-refractivity contribution >= 4 is 12.1 Å². The number of ether oxygens (including phenoxy) is 2. The molecular weight excluding hydrogens is 378 g/mol. The van der Waals surface area contributed by atoms with Crippen LogP contribution < -0.4 is 0 Å². The van der Waals surface area contributed by atoms with Crippen LogP contribution in [-0.2, 0) is 27.4 Å². The molecule has 3 atom stereocenters. The van der Waals surface area contributed by atoms with Gasteiger partial charge in [-0.3, -0.25) is 9.69 Å². The van der Waals surface area contributed by atoms with Crippen LogP contribution in [0.2, 0.25) is 0 Å². The maximum Gasteiger partial charge on any atom is 0.410 e. The third kappa shape index (κ3) is 5.02. The van der Waals surface area contributed by atoms with Gasteiger partial charge < -0.3 is 9.47 Å². The highest BCUT2D eigenvalue weighted by molar-refractivity contribution is 5.73. The van der Waals surface area contributed by atoms with E-state index in [0.717, 1.165) is 36.8 Å². The molecule has 2 aromatic rings. The van der Waals surface area contributed by atoms with Gasteiger partial charge in [0.05, 0.1) is 12.0 Å². The molecule has 1 aliphatic carbocycles. The highest BCUT2D eigenvalue weighted by Crippen LogP contribution is 2.41. The van der Waals surface area contributed by atoms with Crippen LogP contribution in [0.3, 0.4) is 0 Å². The lowest BCUT2D eigenvalue weighted by Crippen LogP contribution is -2.51. The molecule has 5 heteroatoms. The Balaban J connectivity index is 1.54. The molecule has 0 spiro atoms. The minimum Gasteiger partial charge on any atom is -0.460 e. The van der Waals surface area contributed by atoms with Crippen LogP contribution in [0.25, 0.3) is 0 Å². The zero-order valence-electron chi connectivity index (χ0n) is 17.4. The van der Waals surface area contributed by atoms with E-state index in [-0.39, 0.29) is 36.7 Å². The van der Waals surface area contributed by atoms with Crippen LogP contribution in [0.4, 0.5) is 4.79 Å². The second-order valence-corrected chi connectivity index (χ2v) is 8.44. The summed E-state index contributed by atoms with van der Waals surface area (Å²) >= 11 is 0. The first-order chi connectivity index (χ1) is 14.6. The molecule has 0 radical (unpaired) electrons. The van der Waals surface area contributed by atoms with Gasteiger partial charge in [-0.15, -0.1) is 0 Å². The van der Waals surface area contributed by atoms with Gasteiger partial charge in [0.2, 0.25) is 0 Å². The number of cyclic esters (lactones) is 1. The summed E-state index contributed by atoms with van der Waals surface area (Å²) in [6.45, 7) is 2.57. The van der Waals surface area contributed by atoms with Crippen molar-refractivity contribution in [2.45, 2.75) is 57.9 Å². The SMILES string of the molecule is CC1CC[C@@H]([C@@H](C2CC2)N(Cc2ccccc2)C(=O)OCc2ccccc2)OC1=O. The zero-order chi connectivity index (χ0) is 20.9. The van der Waals surface area contributed by atoms with Crippen molar-refractivity contribution in [2.75, 3.05) is 0 Å². The number of rotatable bonds is 7. The molecule has 1 saturated carbocycles. The second kappa shape index (κ2) is 9.33. The third-order valence-corrected chi connectivity index (χ3v) is 6.04. The van der Waals surface area contributed by atoms with Crippen molar-refractivity contribution in [1.82, 2.24) is 4.90 Å². The average Bonchev–Trinajstić information content (AvgIpc) is 3.60. The van der Waals surface area contributed by atoms with Gasteiger partial charge in [0.1, 0.15) is 12.7 Å². The Hall–Kier alpha value is -2.82. The van der Waals surface area contributed by atoms with Crippen LogP contribution >= 0.6 is 0 Å². The van der Waals surface area contributed by atoms with Gasteiger partial charge in [-0.1, -0.05) is 67.6 Å². The van der Waals surface area contributed by atoms with E-state index >= 15 is 0 Å². The molecule has 0 aromatic heterocycles. The topological polar surface area (TPSA) is 55.8 Å². The Morgan fingerprint density at radius 1 is 1.00 bits per heavy atom. The monoisotopic (exact) mass is 407 g/mol. The number of esters is 1. The Bertz CT molecular complexity index is 850. The fourth-order valence-corrected chi connectivity index (χ4v) is 4.17. The molecule has 0 bridgehead atoms. The summed E-state index contributed by atoms with van der Waals surface area (Å²) in [7, 11) is 0. The van der Waals surface area contributed by atoms with E-state index < -0.39 is 0 Å². The van der Waals surface area contributed by atoms with Gasteiger partial charge >= 0.3 is 12.1 Å². The van der Waals surface area contributed by atoms with Gasteiger partial charge in [-0.05, 0) is 42.7 Å². The molecule has 1 unspecified atom stereocenters. The highest BCUT2D eigenvalue weighted by atomic mass is 16.6. The van der Waals surface area contributed by atoms with Crippen molar-refractivity contribution in [3.8, 4) is 0 Å². The fourth-order valence-electron chi connectivity index (χ4n) is 4.17. The van der Waals surface area contributed by atoms with Crippen molar-refractivity contribution in [3.63, 3.8) is 0 Å². The average molecular weight is 408 g/mol. The summed E-state index contributed by atoms with van der Waals surface area (Å²) in [5.41, 5.74) is 1.99. The maximum absolute atomic E-state index is 13.2. The number of amides is 1. The number of carbonyl (C=O) groups is 2. The largest absolute Gasteiger partial charge is 0.460 e. The normalized spacial score (nSPS) is 22.1. The van der Waals surface area contributed by atoms with E-state index in [1.165, 1.54) is 0 Å². The molecule has 0 N–H and O–H groups in total. The Morgan fingerprint density at radius 2 is 1.63 bits per heavy atom. The molecule has 2 aromatic carbocycles. The molecule has 1 saturated heterocycles. The molecule has 4 rings (SSSR count). The first kappa shape index (κ1) is 20.5. The smallest absolute Gasteiger partial charge is 0.410 e. The van der Waals surface area contributed by atoms with Crippen molar-refractivity contribution in [3.05, 3.63) is 71.8 Å². The zero-order valence-corrected chi connectivity index (χ0v) is 17.4. The van der Waals surface area contributed by atoms with E-state index in [1.807, 2.05) is 67.6 Å². The molecule has 1 heterocycles. The molecule has 1 amide bonds. The maximum atomic E-state index is 13.2. The minimum absolute atomic E-state index is 0.0753. The van der Waals surface area contributed by atoms with Crippen molar-refractivity contribution < 1.29 is 19.1 Å². The summed E-state index contributed by atoms with van der Waals surface area (Å²) in [6.07, 6.45) is 3.05. The van der Waals surface area contributed by atoms with Gasteiger partial charge in [0.15, 0.2) is 0 Å². The predicted molar refractivity (Wildman–Crippen MR) is 113 cm³/mol. The first-order valence-corrected chi connectivity index (χ1v) is 10.8. The van der Waals surface area contributed by atoms with Crippen LogP contribution in [-0.4, -0.2) is 29.1 Å². The fraction of sp³-hybridized carbons (Fsp3) is 0.440. The Labute approximate surface area is 178 Å². The molecular formula is C25H29NO4. The predicted octanol–water partition coefficient (Wildman–Crippen LogP) is 4.95. The molecule has 1 aliphatic heterocycles. The van der Waals surface area contributed by atoms with Crippen molar-refractivity contribution in [2.24, 2.45) is 11.8 Å². The van der Waals surface area contributed by atoms with Gasteiger partial charge in [-0.25, -0.2) is 4.79 Å². The summed E-state index contributed by atoms with van der Waals surface area (Å²) in [5.74, 6) is 0.118. The number of nitrogens with zero attached hydrogens (tertiary/aromatic N) is 1. The van der Waals surface area contributed by atoms with E-state index in [1.54, 1.807) is 4.90 Å². The van der Waals surface area contributed by atoms with Gasteiger partial charge in [0, 0.05) is 6.54 Å². The summed E-state index contributed by atoms with van der Waals surface area (Å²) in [4.78, 5) is 27.3. The standard InChI is InChI=1S/C25H29NO4/c1-18-12-15-22(30-24(18)27)23(21-13-14-21)26(16-19-8-4-2-5-9-19)25(28)29-17-20-10-6-3-7-11-20/h2-11,18,21-23H,12-17H2,1H3/t18?,22-,23+/m0/s1. The number of hydrogen-bond donors (Lipinski definition) is 0. The van der Waals surface area contributed by atoms with Crippen LogP contribution in [0.1, 0.15) is 43.7 Å². The lowest BCUT2D eigenvalue weighted by atomic mass is 9.92. The van der Waals surface area contributed by atoms with Crippen molar-refractivity contribution in [1.29, 1.82) is 0 Å². The van der Waals surface area contributed by atoms with Gasteiger partial charge in [0.25, 0.3) is 0 Å². The van der Waals surface area contributed by atoms with Gasteiger partial charge in [-0.2, -0.15) is 0 Å². The number of carbonyl (C=O) groups excluding carboxylic acids is 2. The molecule has 158 valence electrons. The third-order valence-electron chi connectivity index (χ3n) is 6.04. The quantitative estimate of drug-likeness (QED) is 0.610. The lowest BCUT2D eigenvalue weighted by Gasteiger charge is -2.39.